The number of nitrogens with one attached hydrogen (secondary N) is 2. The molecule has 0 spiro atoms. The fourth-order valence-electron chi connectivity index (χ4n) is 5.95. The molecule has 3 N–H and O–H groups in total. The number of hydrogen-bond acceptors (Lipinski definition) is 4. The predicted octanol–water partition coefficient (Wildman–Crippen LogP) is 6.95. The molecule has 5 heteroatoms. The maximum atomic E-state index is 9.95. The first kappa shape index (κ1) is 26.0. The van der Waals surface area contributed by atoms with E-state index >= 15 is 0 Å². The van der Waals surface area contributed by atoms with Crippen molar-refractivity contribution in [2.45, 2.75) is 25.9 Å². The van der Waals surface area contributed by atoms with Gasteiger partial charge in [-0.05, 0) is 90.9 Å². The van der Waals surface area contributed by atoms with Crippen LogP contribution in [0.15, 0.2) is 97.2 Å². The van der Waals surface area contributed by atoms with Gasteiger partial charge in [-0.25, -0.2) is 0 Å². The summed E-state index contributed by atoms with van der Waals surface area (Å²) in [5.74, 6) is 1.81. The molecule has 0 aliphatic carbocycles. The number of aromatic hydroxyl groups is 1. The summed E-state index contributed by atoms with van der Waals surface area (Å²) in [5, 5.41) is 14.4. The van der Waals surface area contributed by atoms with Crippen LogP contribution in [-0.4, -0.2) is 36.8 Å². The summed E-state index contributed by atoms with van der Waals surface area (Å²) < 4.78 is 6.28. The Balaban J connectivity index is 1.13. The number of aromatic amines is 1. The molecule has 1 aliphatic heterocycles. The lowest BCUT2D eigenvalue weighted by atomic mass is 9.92. The highest BCUT2D eigenvalue weighted by atomic mass is 16.5. The zero-order valence-electron chi connectivity index (χ0n) is 23.1. The molecule has 5 nitrogen and oxygen atoms in total. The van der Waals surface area contributed by atoms with Crippen LogP contribution in [0, 0.1) is 5.92 Å². The molecule has 40 heavy (non-hydrogen) atoms. The highest BCUT2D eigenvalue weighted by molar-refractivity contribution is 5.84. The van der Waals surface area contributed by atoms with Crippen LogP contribution < -0.4 is 15.0 Å². The fraction of sp³-hybridized carbons (Fsp3) is 0.257. The maximum absolute atomic E-state index is 9.95. The van der Waals surface area contributed by atoms with Gasteiger partial charge in [0.05, 0.1) is 0 Å². The van der Waals surface area contributed by atoms with Crippen LogP contribution in [0.3, 0.4) is 0 Å². The van der Waals surface area contributed by atoms with E-state index in [9.17, 15) is 5.11 Å². The third-order valence-electron chi connectivity index (χ3n) is 7.97. The number of aromatic nitrogens is 1. The SMILES string of the molecule is CNCC1Cc2ccc(OCc3ccc(-c4ccccc4)cc3)cc2N(CCCc2c[nH]c3ccc(O)cc23)C1. The van der Waals surface area contributed by atoms with E-state index in [1.54, 1.807) is 6.07 Å². The van der Waals surface area contributed by atoms with Crippen molar-refractivity contribution in [3.8, 4) is 22.6 Å². The number of anilines is 1. The number of H-pyrrole nitrogens is 1. The Morgan fingerprint density at radius 2 is 1.77 bits per heavy atom. The number of fused-ring (bicyclic) bond motifs is 2. The van der Waals surface area contributed by atoms with E-state index in [1.807, 2.05) is 25.2 Å². The van der Waals surface area contributed by atoms with Crippen molar-refractivity contribution in [2.75, 3.05) is 31.6 Å². The lowest BCUT2D eigenvalue weighted by molar-refractivity contribution is 0.306. The van der Waals surface area contributed by atoms with Crippen molar-refractivity contribution in [1.29, 1.82) is 0 Å². The van der Waals surface area contributed by atoms with Gasteiger partial charge in [0.1, 0.15) is 18.1 Å². The van der Waals surface area contributed by atoms with Crippen molar-refractivity contribution >= 4 is 16.6 Å². The van der Waals surface area contributed by atoms with Gasteiger partial charge in [-0.15, -0.1) is 0 Å². The number of nitrogens with zero attached hydrogens (tertiary/aromatic N) is 1. The third-order valence-corrected chi connectivity index (χ3v) is 7.97. The van der Waals surface area contributed by atoms with E-state index in [-0.39, 0.29) is 0 Å². The van der Waals surface area contributed by atoms with E-state index in [0.717, 1.165) is 61.1 Å². The molecule has 1 aromatic heterocycles. The first-order valence-electron chi connectivity index (χ1n) is 14.2. The maximum Gasteiger partial charge on any atom is 0.121 e. The molecular formula is C35H37N3O2. The van der Waals surface area contributed by atoms with E-state index in [2.05, 4.69) is 88.1 Å². The van der Waals surface area contributed by atoms with Crippen molar-refractivity contribution in [1.82, 2.24) is 10.3 Å². The molecule has 0 bridgehead atoms. The van der Waals surface area contributed by atoms with Crippen LogP contribution in [0.2, 0.25) is 0 Å². The summed E-state index contributed by atoms with van der Waals surface area (Å²) in [6.07, 6.45) is 5.15. The van der Waals surface area contributed by atoms with Gasteiger partial charge in [0.2, 0.25) is 0 Å². The van der Waals surface area contributed by atoms with Crippen LogP contribution >= 0.6 is 0 Å². The Morgan fingerprint density at radius 1 is 0.950 bits per heavy atom. The molecule has 0 saturated heterocycles. The largest absolute Gasteiger partial charge is 0.508 e. The molecule has 5 aromatic rings. The minimum atomic E-state index is 0.313. The van der Waals surface area contributed by atoms with Gasteiger partial charge in [0.15, 0.2) is 0 Å². The van der Waals surface area contributed by atoms with E-state index in [4.69, 9.17) is 4.74 Å². The zero-order chi connectivity index (χ0) is 27.3. The number of phenolic OH excluding ortho intramolecular Hbond substituents is 1. The van der Waals surface area contributed by atoms with Crippen LogP contribution in [0.4, 0.5) is 5.69 Å². The molecule has 1 aliphatic rings. The van der Waals surface area contributed by atoms with Gasteiger partial charge in [-0.1, -0.05) is 60.7 Å². The fourth-order valence-corrected chi connectivity index (χ4v) is 5.95. The van der Waals surface area contributed by atoms with Crippen LogP contribution in [-0.2, 0) is 19.4 Å². The topological polar surface area (TPSA) is 60.5 Å². The molecule has 0 radical (unpaired) electrons. The first-order chi connectivity index (χ1) is 19.7. The second kappa shape index (κ2) is 11.9. The molecule has 2 heterocycles. The molecule has 0 fully saturated rings. The van der Waals surface area contributed by atoms with Gasteiger partial charge in [0.25, 0.3) is 0 Å². The van der Waals surface area contributed by atoms with E-state index in [0.29, 0.717) is 18.3 Å². The van der Waals surface area contributed by atoms with Crippen LogP contribution in [0.1, 0.15) is 23.1 Å². The number of rotatable bonds is 10. The van der Waals surface area contributed by atoms with Crippen molar-refractivity contribution < 1.29 is 9.84 Å². The normalized spacial score (nSPS) is 14.8. The molecule has 1 unspecified atom stereocenters. The summed E-state index contributed by atoms with van der Waals surface area (Å²) in [5.41, 5.74) is 8.61. The Labute approximate surface area is 236 Å². The van der Waals surface area contributed by atoms with Crippen LogP contribution in [0.25, 0.3) is 22.0 Å². The van der Waals surface area contributed by atoms with Gasteiger partial charge in [0, 0.05) is 41.9 Å². The Morgan fingerprint density at radius 3 is 2.60 bits per heavy atom. The number of ether oxygens (including phenoxy) is 1. The number of phenols is 1. The highest BCUT2D eigenvalue weighted by Crippen LogP contribution is 2.34. The molecule has 1 atom stereocenters. The highest BCUT2D eigenvalue weighted by Gasteiger charge is 2.24. The average Bonchev–Trinajstić information content (AvgIpc) is 3.39. The minimum Gasteiger partial charge on any atom is -0.508 e. The van der Waals surface area contributed by atoms with Crippen molar-refractivity contribution in [3.63, 3.8) is 0 Å². The molecule has 0 saturated carbocycles. The molecule has 6 rings (SSSR count). The van der Waals surface area contributed by atoms with Gasteiger partial charge >= 0.3 is 0 Å². The van der Waals surface area contributed by atoms with E-state index in [1.165, 1.54) is 27.9 Å². The molecule has 204 valence electrons. The number of benzene rings is 4. The minimum absolute atomic E-state index is 0.313. The average molecular weight is 532 g/mol. The summed E-state index contributed by atoms with van der Waals surface area (Å²) >= 11 is 0. The van der Waals surface area contributed by atoms with Gasteiger partial charge < -0.3 is 25.0 Å². The van der Waals surface area contributed by atoms with Crippen LogP contribution in [0.5, 0.6) is 11.5 Å². The second-order valence-electron chi connectivity index (χ2n) is 10.9. The predicted molar refractivity (Wildman–Crippen MR) is 164 cm³/mol. The van der Waals surface area contributed by atoms with Gasteiger partial charge in [-0.3, -0.25) is 0 Å². The second-order valence-corrected chi connectivity index (χ2v) is 10.9. The first-order valence-corrected chi connectivity index (χ1v) is 14.2. The standard InChI is InChI=1S/C35H37N3O2/c1-36-21-26-18-29-13-15-32(40-24-25-9-11-28(12-10-25)27-6-3-2-4-7-27)20-35(29)38(23-26)17-5-8-30-22-37-34-16-14-31(39)19-33(30)34/h2-4,6-7,9-16,19-20,22,26,36-37,39H,5,8,17-18,21,23-24H2,1H3. The summed E-state index contributed by atoms with van der Waals surface area (Å²) in [7, 11) is 2.04. The zero-order valence-corrected chi connectivity index (χ0v) is 23.1. The number of hydrogen-bond donors (Lipinski definition) is 3. The summed E-state index contributed by atoms with van der Waals surface area (Å²) in [6.45, 7) is 3.56. The molecule has 0 amide bonds. The Kier molecular flexibility index (Phi) is 7.73. The third kappa shape index (κ3) is 5.85. The van der Waals surface area contributed by atoms with E-state index < -0.39 is 0 Å². The lowest BCUT2D eigenvalue weighted by Gasteiger charge is -2.36. The molecule has 4 aromatic carbocycles. The Hall–Kier alpha value is -4.22. The Bertz CT molecular complexity index is 1560. The summed E-state index contributed by atoms with van der Waals surface area (Å²) in [4.78, 5) is 5.88. The lowest BCUT2D eigenvalue weighted by Crippen LogP contribution is -2.40. The molecular weight excluding hydrogens is 494 g/mol. The number of aryl methyl sites for hydroxylation is 1. The quantitative estimate of drug-likeness (QED) is 0.183. The smallest absolute Gasteiger partial charge is 0.121 e. The van der Waals surface area contributed by atoms with Crippen molar-refractivity contribution in [3.05, 3.63) is 114 Å². The summed E-state index contributed by atoms with van der Waals surface area (Å²) in [6, 6.07) is 31.2. The monoisotopic (exact) mass is 531 g/mol. The van der Waals surface area contributed by atoms with Gasteiger partial charge in [-0.2, -0.15) is 0 Å². The van der Waals surface area contributed by atoms with Crippen molar-refractivity contribution in [2.24, 2.45) is 5.92 Å².